The molecule has 0 saturated heterocycles. The molecule has 0 aliphatic rings. The van der Waals surface area contributed by atoms with Crippen LogP contribution in [-0.2, 0) is 16.6 Å². The summed E-state index contributed by atoms with van der Waals surface area (Å²) >= 11 is 1.26. The summed E-state index contributed by atoms with van der Waals surface area (Å²) in [5.74, 6) is 0.594. The average Bonchev–Trinajstić information content (AvgIpc) is 3.01. The van der Waals surface area contributed by atoms with Crippen LogP contribution in [0.4, 0.5) is 0 Å². The lowest BCUT2D eigenvalue weighted by Crippen LogP contribution is -2.22. The molecule has 0 atom stereocenters. The molecule has 7 heteroatoms. The first-order chi connectivity index (χ1) is 9.94. The maximum atomic E-state index is 12.2. The second kappa shape index (κ2) is 5.25. The zero-order valence-electron chi connectivity index (χ0n) is 11.6. The van der Waals surface area contributed by atoms with Gasteiger partial charge in [-0.3, -0.25) is 0 Å². The van der Waals surface area contributed by atoms with E-state index in [1.165, 1.54) is 11.3 Å². The lowest BCUT2D eigenvalue weighted by molar-refractivity contribution is 0.560. The van der Waals surface area contributed by atoms with Crippen LogP contribution in [0.25, 0.3) is 11.1 Å². The maximum Gasteiger partial charge on any atom is 0.250 e. The van der Waals surface area contributed by atoms with E-state index in [0.29, 0.717) is 15.7 Å². The van der Waals surface area contributed by atoms with Crippen molar-refractivity contribution in [1.29, 1.82) is 0 Å². The molecule has 0 radical (unpaired) electrons. The molecule has 0 spiro atoms. The van der Waals surface area contributed by atoms with Gasteiger partial charge in [-0.2, -0.15) is 0 Å². The van der Waals surface area contributed by atoms with Gasteiger partial charge in [0.1, 0.15) is 9.73 Å². The Morgan fingerprint density at radius 2 is 2.05 bits per heavy atom. The van der Waals surface area contributed by atoms with Crippen LogP contribution in [0.15, 0.2) is 39.0 Å². The normalized spacial score (nSPS) is 12.1. The number of hydrogen-bond acceptors (Lipinski definition) is 5. The van der Waals surface area contributed by atoms with Crippen molar-refractivity contribution in [3.05, 3.63) is 46.7 Å². The van der Waals surface area contributed by atoms with Gasteiger partial charge in [-0.15, -0.1) is 11.3 Å². The van der Waals surface area contributed by atoms with Gasteiger partial charge in [-0.25, -0.2) is 18.1 Å². The summed E-state index contributed by atoms with van der Waals surface area (Å²) in [4.78, 5) is 5.18. The molecule has 0 saturated carbocycles. The highest BCUT2D eigenvalue weighted by Gasteiger charge is 2.16. The van der Waals surface area contributed by atoms with E-state index in [2.05, 4.69) is 9.71 Å². The number of nitrogens with zero attached hydrogens (tertiary/aromatic N) is 1. The van der Waals surface area contributed by atoms with Crippen molar-refractivity contribution in [2.45, 2.75) is 24.6 Å². The van der Waals surface area contributed by atoms with E-state index in [1.807, 2.05) is 19.1 Å². The minimum absolute atomic E-state index is 0.217. The molecule has 0 amide bonds. The summed E-state index contributed by atoms with van der Waals surface area (Å²) in [5, 5.41) is 0. The van der Waals surface area contributed by atoms with Crippen LogP contribution in [0, 0.1) is 13.8 Å². The lowest BCUT2D eigenvalue weighted by atomic mass is 10.2. The Bertz CT molecular complexity index is 894. The van der Waals surface area contributed by atoms with Crippen LogP contribution in [0.1, 0.15) is 16.3 Å². The molecule has 2 aromatic heterocycles. The molecule has 2 heterocycles. The van der Waals surface area contributed by atoms with Gasteiger partial charge in [0.15, 0.2) is 11.5 Å². The van der Waals surface area contributed by atoms with Crippen molar-refractivity contribution in [1.82, 2.24) is 9.71 Å². The predicted molar refractivity (Wildman–Crippen MR) is 81.8 cm³/mol. The number of fused-ring (bicyclic) bond motifs is 1. The Labute approximate surface area is 126 Å². The van der Waals surface area contributed by atoms with E-state index in [0.717, 1.165) is 16.0 Å². The third kappa shape index (κ3) is 2.99. The maximum absolute atomic E-state index is 12.2. The number of aromatic nitrogens is 1. The largest absolute Gasteiger partial charge is 0.441 e. The highest BCUT2D eigenvalue weighted by molar-refractivity contribution is 7.91. The van der Waals surface area contributed by atoms with Gasteiger partial charge in [0.05, 0.1) is 0 Å². The fraction of sp³-hybridized carbons (Fsp3) is 0.214. The highest BCUT2D eigenvalue weighted by atomic mass is 32.2. The first-order valence-electron chi connectivity index (χ1n) is 6.36. The van der Waals surface area contributed by atoms with Crippen molar-refractivity contribution in [2.24, 2.45) is 0 Å². The fourth-order valence-electron chi connectivity index (χ4n) is 2.00. The molecular weight excluding hydrogens is 308 g/mol. The molecule has 5 nitrogen and oxygen atoms in total. The average molecular weight is 322 g/mol. The van der Waals surface area contributed by atoms with E-state index >= 15 is 0 Å². The fourth-order valence-corrected chi connectivity index (χ4v) is 4.35. The van der Waals surface area contributed by atoms with Gasteiger partial charge >= 0.3 is 0 Å². The van der Waals surface area contributed by atoms with Crippen molar-refractivity contribution in [3.8, 4) is 0 Å². The first-order valence-corrected chi connectivity index (χ1v) is 8.66. The Balaban J connectivity index is 1.79. The quantitative estimate of drug-likeness (QED) is 0.801. The van der Waals surface area contributed by atoms with Gasteiger partial charge in [0.2, 0.25) is 10.0 Å². The summed E-state index contributed by atoms with van der Waals surface area (Å²) in [5.41, 5.74) is 2.26. The van der Waals surface area contributed by atoms with E-state index in [-0.39, 0.29) is 6.54 Å². The Morgan fingerprint density at radius 1 is 1.24 bits per heavy atom. The standard InChI is InChI=1S/C14H14N2O3S2/c1-9-3-6-14(20-9)21(17,18)15-8-11-4-5-12-13(7-11)19-10(2)16-12/h3-7,15H,8H2,1-2H3. The monoisotopic (exact) mass is 322 g/mol. The number of thiophene rings is 1. The molecule has 1 N–H and O–H groups in total. The summed E-state index contributed by atoms with van der Waals surface area (Å²) < 4.78 is 32.7. The van der Waals surface area contributed by atoms with E-state index in [4.69, 9.17) is 4.42 Å². The van der Waals surface area contributed by atoms with Gasteiger partial charge in [-0.05, 0) is 36.8 Å². The van der Waals surface area contributed by atoms with Crippen LogP contribution in [0.5, 0.6) is 0 Å². The van der Waals surface area contributed by atoms with Crippen LogP contribution >= 0.6 is 11.3 Å². The lowest BCUT2D eigenvalue weighted by Gasteiger charge is -2.04. The molecule has 21 heavy (non-hydrogen) atoms. The Kier molecular flexibility index (Phi) is 3.56. The number of nitrogens with one attached hydrogen (secondary N) is 1. The summed E-state index contributed by atoms with van der Waals surface area (Å²) in [6, 6.07) is 8.88. The van der Waals surface area contributed by atoms with Crippen molar-refractivity contribution < 1.29 is 12.8 Å². The minimum Gasteiger partial charge on any atom is -0.441 e. The van der Waals surface area contributed by atoms with Crippen molar-refractivity contribution in [3.63, 3.8) is 0 Å². The van der Waals surface area contributed by atoms with Crippen LogP contribution in [0.3, 0.4) is 0 Å². The molecule has 0 bridgehead atoms. The number of hydrogen-bond donors (Lipinski definition) is 1. The third-order valence-electron chi connectivity index (χ3n) is 3.01. The van der Waals surface area contributed by atoms with Crippen LogP contribution in [-0.4, -0.2) is 13.4 Å². The topological polar surface area (TPSA) is 72.2 Å². The second-order valence-electron chi connectivity index (χ2n) is 4.72. The number of sulfonamides is 1. The number of aryl methyl sites for hydroxylation is 2. The number of benzene rings is 1. The summed E-state index contributed by atoms with van der Waals surface area (Å²) in [6.45, 7) is 3.88. The van der Waals surface area contributed by atoms with Gasteiger partial charge in [0.25, 0.3) is 0 Å². The van der Waals surface area contributed by atoms with Gasteiger partial charge < -0.3 is 4.42 Å². The molecular formula is C14H14N2O3S2. The minimum atomic E-state index is -3.46. The molecule has 3 aromatic rings. The second-order valence-corrected chi connectivity index (χ2v) is 8.01. The molecule has 0 aliphatic carbocycles. The highest BCUT2D eigenvalue weighted by Crippen LogP contribution is 2.21. The SMILES string of the molecule is Cc1nc2ccc(CNS(=O)(=O)c3ccc(C)s3)cc2o1. The van der Waals surface area contributed by atoms with Crippen LogP contribution < -0.4 is 4.72 Å². The summed E-state index contributed by atoms with van der Waals surface area (Å²) in [7, 11) is -3.46. The third-order valence-corrected chi connectivity index (χ3v) is 5.90. The van der Waals surface area contributed by atoms with E-state index in [9.17, 15) is 8.42 Å². The van der Waals surface area contributed by atoms with E-state index in [1.54, 1.807) is 25.1 Å². The Hall–Kier alpha value is -1.70. The van der Waals surface area contributed by atoms with Gasteiger partial charge in [0, 0.05) is 18.3 Å². The van der Waals surface area contributed by atoms with Crippen LogP contribution in [0.2, 0.25) is 0 Å². The molecule has 1 aromatic carbocycles. The molecule has 0 unspecified atom stereocenters. The Morgan fingerprint density at radius 3 is 2.76 bits per heavy atom. The van der Waals surface area contributed by atoms with E-state index < -0.39 is 10.0 Å². The van der Waals surface area contributed by atoms with Crippen molar-refractivity contribution in [2.75, 3.05) is 0 Å². The molecule has 0 fully saturated rings. The summed E-state index contributed by atoms with van der Waals surface area (Å²) in [6.07, 6.45) is 0. The van der Waals surface area contributed by atoms with Crippen molar-refractivity contribution >= 4 is 32.5 Å². The first kappa shape index (κ1) is 14.2. The smallest absolute Gasteiger partial charge is 0.250 e. The number of rotatable bonds is 4. The zero-order chi connectivity index (χ0) is 15.0. The predicted octanol–water partition coefficient (Wildman–Crippen LogP) is 2.98. The zero-order valence-corrected chi connectivity index (χ0v) is 13.2. The van der Waals surface area contributed by atoms with Gasteiger partial charge in [-0.1, -0.05) is 6.07 Å². The number of oxazole rings is 1. The molecule has 3 rings (SSSR count). The molecule has 110 valence electrons. The molecule has 0 aliphatic heterocycles.